The van der Waals surface area contributed by atoms with Crippen molar-refractivity contribution < 1.29 is 34.8 Å². The smallest absolute Gasteiger partial charge is 0.255 e. The number of nitrogens with two attached hydrogens (primary N) is 1. The number of ketones is 2. The molecule has 2 bridgehead atoms. The number of Topliss-reactive ketones (excluding diaryl/α,β-unsaturated/α-hetero) is 2. The Labute approximate surface area is 245 Å². The second-order valence-electron chi connectivity index (χ2n) is 13.9. The molecule has 6 aliphatic carbocycles. The predicted molar refractivity (Wildman–Crippen MR) is 156 cm³/mol. The van der Waals surface area contributed by atoms with Crippen molar-refractivity contribution in [2.45, 2.75) is 64.5 Å². The molecule has 3 unspecified atom stereocenters. The lowest BCUT2D eigenvalue weighted by molar-refractivity contribution is -0.147. The molecule has 42 heavy (non-hydrogen) atoms. The third-order valence-corrected chi connectivity index (χ3v) is 11.3. The Morgan fingerprint density at radius 1 is 1.10 bits per heavy atom. The zero-order valence-electron chi connectivity index (χ0n) is 24.7. The van der Waals surface area contributed by atoms with Crippen molar-refractivity contribution >= 4 is 28.9 Å². The summed E-state index contributed by atoms with van der Waals surface area (Å²) in [6.07, 6.45) is 3.85. The van der Waals surface area contributed by atoms with Gasteiger partial charge in [0.1, 0.15) is 22.8 Å². The average molecular weight is 580 g/mol. The Bertz CT molecular complexity index is 1470. The fourth-order valence-corrected chi connectivity index (χ4v) is 9.04. The highest BCUT2D eigenvalue weighted by Gasteiger charge is 2.60. The van der Waals surface area contributed by atoms with Gasteiger partial charge in [0.05, 0.1) is 5.56 Å². The molecule has 4 fully saturated rings. The Balaban J connectivity index is 1.34. The summed E-state index contributed by atoms with van der Waals surface area (Å²) in [7, 11) is 3.78. The minimum atomic E-state index is -2.56. The van der Waals surface area contributed by atoms with Crippen LogP contribution in [0.15, 0.2) is 23.0 Å². The number of rotatable bonds is 6. The van der Waals surface area contributed by atoms with Crippen LogP contribution < -0.4 is 16.0 Å². The van der Waals surface area contributed by atoms with E-state index >= 15 is 0 Å². The Morgan fingerprint density at radius 2 is 1.81 bits per heavy atom. The van der Waals surface area contributed by atoms with Gasteiger partial charge in [-0.25, -0.2) is 0 Å². The highest BCUT2D eigenvalue weighted by molar-refractivity contribution is 6.22. The monoisotopic (exact) mass is 579 g/mol. The number of phenols is 1. The summed E-state index contributed by atoms with van der Waals surface area (Å²) < 4.78 is 0. The van der Waals surface area contributed by atoms with Crippen molar-refractivity contribution in [2.75, 3.05) is 25.5 Å². The van der Waals surface area contributed by atoms with Gasteiger partial charge in [0.2, 0.25) is 5.78 Å². The number of nitrogens with one attached hydrogen (secondary N) is 1. The van der Waals surface area contributed by atoms with E-state index in [1.54, 1.807) is 6.07 Å². The number of aliphatic hydroxyl groups excluding tert-OH is 2. The first kappa shape index (κ1) is 28.7. The number of carbonyl (C=O) groups excluding carboxylic acids is 3. The summed E-state index contributed by atoms with van der Waals surface area (Å²) in [4.78, 5) is 40.2. The molecule has 7 N–H and O–H groups in total. The number of benzene rings is 1. The maximum atomic E-state index is 13.8. The topological polar surface area (TPSA) is 173 Å². The summed E-state index contributed by atoms with van der Waals surface area (Å²) >= 11 is 0. The SMILES string of the molecule is CN(C)c1c(CNC[C@H]2CCC3CC2C3(C)C)cc(O)c2c1CC1C[C@H]3CC(=O)C(C(N)=O)=C(O)[C@@]3(O)C(=O)C1=C2O. The van der Waals surface area contributed by atoms with Crippen LogP contribution in [-0.2, 0) is 27.3 Å². The number of nitrogens with zero attached hydrogens (tertiary/aromatic N) is 1. The molecule has 1 aromatic rings. The first-order valence-corrected chi connectivity index (χ1v) is 14.9. The molecule has 6 atom stereocenters. The van der Waals surface area contributed by atoms with E-state index in [1.165, 1.54) is 19.3 Å². The van der Waals surface area contributed by atoms with Crippen LogP contribution in [0.3, 0.4) is 0 Å². The zero-order chi connectivity index (χ0) is 30.5. The van der Waals surface area contributed by atoms with Crippen molar-refractivity contribution in [3.8, 4) is 5.75 Å². The van der Waals surface area contributed by atoms with E-state index in [9.17, 15) is 34.8 Å². The van der Waals surface area contributed by atoms with Crippen molar-refractivity contribution in [1.29, 1.82) is 0 Å². The van der Waals surface area contributed by atoms with Gasteiger partial charge in [-0.1, -0.05) is 13.8 Å². The molecule has 1 amide bonds. The molecule has 0 aliphatic heterocycles. The Kier molecular flexibility index (Phi) is 6.55. The highest BCUT2D eigenvalue weighted by atomic mass is 16.3. The first-order chi connectivity index (χ1) is 19.7. The molecule has 0 spiro atoms. The third-order valence-electron chi connectivity index (χ3n) is 11.3. The number of aromatic hydroxyl groups is 1. The molecule has 0 aromatic heterocycles. The summed E-state index contributed by atoms with van der Waals surface area (Å²) in [5, 5.41) is 48.5. The maximum Gasteiger partial charge on any atom is 0.255 e. The van der Waals surface area contributed by atoms with Gasteiger partial charge in [0.15, 0.2) is 11.4 Å². The molecule has 0 saturated heterocycles. The van der Waals surface area contributed by atoms with Gasteiger partial charge < -0.3 is 36.4 Å². The Morgan fingerprint density at radius 3 is 2.43 bits per heavy atom. The number of hydrogen-bond acceptors (Lipinski definition) is 9. The molecule has 0 radical (unpaired) electrons. The van der Waals surface area contributed by atoms with E-state index in [-0.39, 0.29) is 36.1 Å². The zero-order valence-corrected chi connectivity index (χ0v) is 24.7. The van der Waals surface area contributed by atoms with Gasteiger partial charge in [-0.2, -0.15) is 0 Å². The second-order valence-corrected chi connectivity index (χ2v) is 13.9. The summed E-state index contributed by atoms with van der Waals surface area (Å²) in [5.74, 6) is -4.05. The molecule has 0 heterocycles. The van der Waals surface area contributed by atoms with Crippen molar-refractivity contribution in [3.05, 3.63) is 39.7 Å². The molecular weight excluding hydrogens is 538 g/mol. The van der Waals surface area contributed by atoms with Crippen molar-refractivity contribution in [2.24, 2.45) is 40.7 Å². The van der Waals surface area contributed by atoms with Gasteiger partial charge in [0, 0.05) is 44.2 Å². The molecule has 7 rings (SSSR count). The minimum Gasteiger partial charge on any atom is -0.508 e. The normalized spacial score (nSPS) is 33.0. The molecule has 10 heteroatoms. The summed E-state index contributed by atoms with van der Waals surface area (Å²) in [5.41, 5.74) is 4.68. The molecular formula is C32H41N3O7. The van der Waals surface area contributed by atoms with E-state index in [2.05, 4.69) is 19.2 Å². The number of aliphatic hydroxyl groups is 3. The second kappa shape index (κ2) is 9.57. The molecule has 1 aromatic carbocycles. The third kappa shape index (κ3) is 3.87. The van der Waals surface area contributed by atoms with E-state index in [0.717, 1.165) is 29.6 Å². The maximum absolute atomic E-state index is 13.8. The van der Waals surface area contributed by atoms with Gasteiger partial charge in [-0.3, -0.25) is 14.4 Å². The minimum absolute atomic E-state index is 0.110. The van der Waals surface area contributed by atoms with Gasteiger partial charge in [-0.15, -0.1) is 0 Å². The lowest BCUT2D eigenvalue weighted by atomic mass is 9.45. The highest BCUT2D eigenvalue weighted by Crippen LogP contribution is 2.61. The van der Waals surface area contributed by atoms with Crippen LogP contribution in [0.1, 0.15) is 62.6 Å². The first-order valence-electron chi connectivity index (χ1n) is 14.9. The number of hydrogen-bond donors (Lipinski definition) is 6. The van der Waals surface area contributed by atoms with Crippen LogP contribution >= 0.6 is 0 Å². The van der Waals surface area contributed by atoms with Crippen LogP contribution in [0, 0.1) is 35.0 Å². The van der Waals surface area contributed by atoms with Crippen LogP contribution in [0.5, 0.6) is 5.75 Å². The van der Waals surface area contributed by atoms with E-state index < -0.39 is 52.0 Å². The van der Waals surface area contributed by atoms with E-state index in [0.29, 0.717) is 23.4 Å². The lowest BCUT2D eigenvalue weighted by Gasteiger charge is -2.60. The quantitative estimate of drug-likeness (QED) is 0.277. The molecule has 4 saturated carbocycles. The summed E-state index contributed by atoms with van der Waals surface area (Å²) in [6, 6.07) is 1.61. The van der Waals surface area contributed by atoms with Crippen molar-refractivity contribution in [1.82, 2.24) is 5.32 Å². The standard InChI is InChI=1S/C32H41N3O7/c1-31(2)17-6-5-14(20(31)10-17)12-34-13-16-9-21(36)24-19(26(16)35(3)4)8-15-7-18-11-22(37)25(30(33)41)29(40)32(18,42)28(39)23(15)27(24)38/h9,14-15,17-18,20,34,36,38,40,42H,5-8,10-13H2,1-4H3,(H2,33,41)/t14-,15?,17?,18+,20?,32+/m1/s1. The molecule has 6 aliphatic rings. The number of primary amides is 1. The number of amides is 1. The van der Waals surface area contributed by atoms with E-state index in [4.69, 9.17) is 5.73 Å². The number of anilines is 1. The van der Waals surface area contributed by atoms with E-state index in [1.807, 2.05) is 19.0 Å². The summed E-state index contributed by atoms with van der Waals surface area (Å²) in [6.45, 7) is 6.17. The lowest BCUT2D eigenvalue weighted by Crippen LogP contribution is -2.58. The Hall–Kier alpha value is -3.37. The fraction of sp³-hybridized carbons (Fsp3) is 0.594. The van der Waals surface area contributed by atoms with Crippen LogP contribution in [0.4, 0.5) is 5.69 Å². The van der Waals surface area contributed by atoms with Crippen LogP contribution in [0.2, 0.25) is 0 Å². The fourth-order valence-electron chi connectivity index (χ4n) is 9.04. The molecule has 10 nitrogen and oxygen atoms in total. The largest absolute Gasteiger partial charge is 0.508 e. The number of phenolic OH excluding ortho intramolecular Hbond substituents is 1. The number of fused-ring (bicyclic) bond motifs is 5. The van der Waals surface area contributed by atoms with Gasteiger partial charge >= 0.3 is 0 Å². The van der Waals surface area contributed by atoms with Crippen LogP contribution in [-0.4, -0.2) is 64.1 Å². The predicted octanol–water partition coefficient (Wildman–Crippen LogP) is 2.65. The average Bonchev–Trinajstić information content (AvgIpc) is 2.90. The van der Waals surface area contributed by atoms with Gasteiger partial charge in [0.25, 0.3) is 5.91 Å². The van der Waals surface area contributed by atoms with Gasteiger partial charge in [-0.05, 0) is 84.9 Å². The van der Waals surface area contributed by atoms with Crippen molar-refractivity contribution in [3.63, 3.8) is 0 Å². The molecule has 226 valence electrons. The van der Waals surface area contributed by atoms with Crippen LogP contribution in [0.25, 0.3) is 5.76 Å². The number of carbonyl (C=O) groups is 3.